The van der Waals surface area contributed by atoms with E-state index in [1.807, 2.05) is 31.4 Å². The van der Waals surface area contributed by atoms with Crippen LogP contribution in [0.3, 0.4) is 0 Å². The third kappa shape index (κ3) is 7.51. The second kappa shape index (κ2) is 10.5. The van der Waals surface area contributed by atoms with Crippen LogP contribution in [-0.2, 0) is 15.0 Å². The lowest BCUT2D eigenvalue weighted by atomic mass is 9.79. The fourth-order valence-electron chi connectivity index (χ4n) is 2.97. The van der Waals surface area contributed by atoms with E-state index in [0.29, 0.717) is 12.8 Å². The molecule has 0 saturated heterocycles. The molecule has 5 heteroatoms. The Bertz CT molecular complexity index is 546. The third-order valence-corrected chi connectivity index (χ3v) is 4.99. The molecule has 0 heterocycles. The maximum absolute atomic E-state index is 12.6. The SMILES string of the molecule is CCC(=O)N[C@H](CCSC)C(=O)N[C@H](C)CC(C)(C)c1ccccc1. The summed E-state index contributed by atoms with van der Waals surface area (Å²) in [5.41, 5.74) is 1.23. The maximum Gasteiger partial charge on any atom is 0.242 e. The minimum absolute atomic E-state index is 0.0259. The van der Waals surface area contributed by atoms with E-state index in [0.717, 1.165) is 12.2 Å². The van der Waals surface area contributed by atoms with Crippen molar-refractivity contribution in [1.82, 2.24) is 10.6 Å². The molecule has 1 aromatic carbocycles. The lowest BCUT2D eigenvalue weighted by Crippen LogP contribution is -2.50. The van der Waals surface area contributed by atoms with Gasteiger partial charge in [0.2, 0.25) is 11.8 Å². The predicted octanol–water partition coefficient (Wildman–Crippen LogP) is 3.51. The molecule has 1 rings (SSSR count). The Morgan fingerprint density at radius 2 is 1.80 bits per heavy atom. The molecule has 0 saturated carbocycles. The zero-order valence-electron chi connectivity index (χ0n) is 16.1. The van der Waals surface area contributed by atoms with Crippen LogP contribution in [0.2, 0.25) is 0 Å². The fourth-order valence-corrected chi connectivity index (χ4v) is 3.44. The van der Waals surface area contributed by atoms with E-state index in [1.165, 1.54) is 5.56 Å². The number of carbonyl (C=O) groups is 2. The zero-order chi connectivity index (χ0) is 18.9. The minimum atomic E-state index is -0.456. The van der Waals surface area contributed by atoms with Crippen LogP contribution in [0.25, 0.3) is 0 Å². The highest BCUT2D eigenvalue weighted by molar-refractivity contribution is 7.98. The monoisotopic (exact) mass is 364 g/mol. The molecular weight excluding hydrogens is 332 g/mol. The van der Waals surface area contributed by atoms with Gasteiger partial charge in [-0.2, -0.15) is 11.8 Å². The van der Waals surface area contributed by atoms with Crippen molar-refractivity contribution in [2.75, 3.05) is 12.0 Å². The van der Waals surface area contributed by atoms with Crippen LogP contribution in [0, 0.1) is 0 Å². The lowest BCUT2D eigenvalue weighted by molar-refractivity contribution is -0.129. The van der Waals surface area contributed by atoms with Crippen LogP contribution in [0.15, 0.2) is 30.3 Å². The second-order valence-corrected chi connectivity index (χ2v) is 8.10. The van der Waals surface area contributed by atoms with E-state index in [2.05, 4.69) is 36.6 Å². The minimum Gasteiger partial charge on any atom is -0.352 e. The van der Waals surface area contributed by atoms with Gasteiger partial charge in [0.15, 0.2) is 0 Å². The van der Waals surface area contributed by atoms with Gasteiger partial charge >= 0.3 is 0 Å². The highest BCUT2D eigenvalue weighted by atomic mass is 32.2. The van der Waals surface area contributed by atoms with E-state index in [-0.39, 0.29) is 23.3 Å². The summed E-state index contributed by atoms with van der Waals surface area (Å²) in [5.74, 6) is 0.664. The summed E-state index contributed by atoms with van der Waals surface area (Å²) in [4.78, 5) is 24.3. The molecule has 140 valence electrons. The first-order chi connectivity index (χ1) is 11.8. The predicted molar refractivity (Wildman–Crippen MR) is 107 cm³/mol. The van der Waals surface area contributed by atoms with E-state index in [9.17, 15) is 9.59 Å². The lowest BCUT2D eigenvalue weighted by Gasteiger charge is -2.30. The Morgan fingerprint density at radius 3 is 2.36 bits per heavy atom. The molecule has 0 spiro atoms. The van der Waals surface area contributed by atoms with Gasteiger partial charge in [0, 0.05) is 12.5 Å². The first-order valence-electron chi connectivity index (χ1n) is 8.94. The molecule has 2 amide bonds. The molecule has 25 heavy (non-hydrogen) atoms. The Morgan fingerprint density at radius 1 is 1.16 bits per heavy atom. The number of rotatable bonds is 10. The summed E-state index contributed by atoms with van der Waals surface area (Å²) >= 11 is 1.68. The number of carbonyl (C=O) groups excluding carboxylic acids is 2. The average molecular weight is 365 g/mol. The summed E-state index contributed by atoms with van der Waals surface area (Å²) in [6.07, 6.45) is 3.87. The Balaban J connectivity index is 2.67. The normalized spacial score (nSPS) is 13.8. The van der Waals surface area contributed by atoms with Gasteiger partial charge in [-0.1, -0.05) is 51.1 Å². The van der Waals surface area contributed by atoms with Crippen molar-refractivity contribution in [3.8, 4) is 0 Å². The zero-order valence-corrected chi connectivity index (χ0v) is 16.9. The topological polar surface area (TPSA) is 58.2 Å². The molecule has 0 radical (unpaired) electrons. The molecule has 2 N–H and O–H groups in total. The highest BCUT2D eigenvalue weighted by Gasteiger charge is 2.26. The van der Waals surface area contributed by atoms with Crippen LogP contribution in [0.5, 0.6) is 0 Å². The smallest absolute Gasteiger partial charge is 0.242 e. The van der Waals surface area contributed by atoms with Gasteiger partial charge in [-0.15, -0.1) is 0 Å². The standard InChI is InChI=1S/C20H32N2O2S/c1-6-18(23)22-17(12-13-25-5)19(24)21-15(2)14-20(3,4)16-10-8-7-9-11-16/h7-11,15,17H,6,12-14H2,1-5H3,(H,21,24)(H,22,23)/t15-,17-/m1/s1. The van der Waals surface area contributed by atoms with Crippen molar-refractivity contribution in [2.24, 2.45) is 0 Å². The Kier molecular flexibility index (Phi) is 9.04. The molecule has 0 aliphatic carbocycles. The Labute approximate surface area is 156 Å². The largest absolute Gasteiger partial charge is 0.352 e. The highest BCUT2D eigenvalue weighted by Crippen LogP contribution is 2.28. The van der Waals surface area contributed by atoms with Crippen LogP contribution in [0.4, 0.5) is 0 Å². The van der Waals surface area contributed by atoms with Crippen molar-refractivity contribution in [3.05, 3.63) is 35.9 Å². The van der Waals surface area contributed by atoms with Gasteiger partial charge < -0.3 is 10.6 Å². The summed E-state index contributed by atoms with van der Waals surface area (Å²) in [6.45, 7) is 8.20. The van der Waals surface area contributed by atoms with E-state index in [4.69, 9.17) is 0 Å². The molecule has 0 unspecified atom stereocenters. The third-order valence-electron chi connectivity index (χ3n) is 4.34. The molecule has 0 aliphatic rings. The van der Waals surface area contributed by atoms with Gasteiger partial charge in [0.05, 0.1) is 0 Å². The number of nitrogens with one attached hydrogen (secondary N) is 2. The van der Waals surface area contributed by atoms with Crippen molar-refractivity contribution >= 4 is 23.6 Å². The van der Waals surface area contributed by atoms with Crippen LogP contribution >= 0.6 is 11.8 Å². The fraction of sp³-hybridized carbons (Fsp3) is 0.600. The number of amides is 2. The first-order valence-corrected chi connectivity index (χ1v) is 10.3. The quantitative estimate of drug-likeness (QED) is 0.668. The van der Waals surface area contributed by atoms with Gasteiger partial charge in [0.25, 0.3) is 0 Å². The number of benzene rings is 1. The van der Waals surface area contributed by atoms with E-state index >= 15 is 0 Å². The van der Waals surface area contributed by atoms with Gasteiger partial charge in [-0.25, -0.2) is 0 Å². The van der Waals surface area contributed by atoms with Crippen molar-refractivity contribution in [1.29, 1.82) is 0 Å². The van der Waals surface area contributed by atoms with Crippen LogP contribution in [-0.4, -0.2) is 35.9 Å². The van der Waals surface area contributed by atoms with Crippen LogP contribution in [0.1, 0.15) is 52.5 Å². The summed E-state index contributed by atoms with van der Waals surface area (Å²) in [5, 5.41) is 5.92. The van der Waals surface area contributed by atoms with E-state index < -0.39 is 6.04 Å². The Hall–Kier alpha value is -1.49. The van der Waals surface area contributed by atoms with Crippen molar-refractivity contribution in [3.63, 3.8) is 0 Å². The molecule has 0 fully saturated rings. The molecule has 1 aromatic rings. The van der Waals surface area contributed by atoms with E-state index in [1.54, 1.807) is 18.7 Å². The summed E-state index contributed by atoms with van der Waals surface area (Å²) < 4.78 is 0. The number of hydrogen-bond donors (Lipinski definition) is 2. The van der Waals surface area contributed by atoms with Crippen molar-refractivity contribution < 1.29 is 9.59 Å². The van der Waals surface area contributed by atoms with Crippen molar-refractivity contribution in [2.45, 2.75) is 64.5 Å². The molecular formula is C20H32N2O2S. The summed E-state index contributed by atoms with van der Waals surface area (Å²) in [7, 11) is 0. The average Bonchev–Trinajstić information content (AvgIpc) is 2.58. The van der Waals surface area contributed by atoms with Gasteiger partial charge in [-0.05, 0) is 42.8 Å². The molecule has 4 nitrogen and oxygen atoms in total. The number of hydrogen-bond acceptors (Lipinski definition) is 3. The molecule has 0 aliphatic heterocycles. The van der Waals surface area contributed by atoms with Gasteiger partial charge in [-0.3, -0.25) is 9.59 Å². The second-order valence-electron chi connectivity index (χ2n) is 7.12. The van der Waals surface area contributed by atoms with Crippen LogP contribution < -0.4 is 10.6 Å². The number of thioether (sulfide) groups is 1. The maximum atomic E-state index is 12.6. The molecule has 0 aromatic heterocycles. The summed E-state index contributed by atoms with van der Waals surface area (Å²) in [6, 6.07) is 9.91. The van der Waals surface area contributed by atoms with Gasteiger partial charge in [0.1, 0.15) is 6.04 Å². The molecule has 2 atom stereocenters. The first kappa shape index (κ1) is 21.6. The molecule has 0 bridgehead atoms.